The van der Waals surface area contributed by atoms with Gasteiger partial charge in [0.1, 0.15) is 11.3 Å². The molecule has 1 aliphatic carbocycles. The molecule has 1 aliphatic rings. The van der Waals surface area contributed by atoms with E-state index in [9.17, 15) is 17.6 Å². The van der Waals surface area contributed by atoms with Crippen LogP contribution in [0.3, 0.4) is 0 Å². The minimum atomic E-state index is -4.64. The van der Waals surface area contributed by atoms with Gasteiger partial charge in [0, 0.05) is 6.04 Å². The van der Waals surface area contributed by atoms with Crippen molar-refractivity contribution in [2.24, 2.45) is 0 Å². The van der Waals surface area contributed by atoms with Crippen molar-refractivity contribution in [3.05, 3.63) is 47.7 Å². The number of nitrogens with zero attached hydrogens (tertiary/aromatic N) is 4. The second-order valence-electron chi connectivity index (χ2n) is 5.97. The fraction of sp³-hybridized carbons (Fsp3) is 0.312. The molecule has 9 heteroatoms. The highest BCUT2D eigenvalue weighted by Gasteiger charge is 2.35. The van der Waals surface area contributed by atoms with Crippen LogP contribution in [-0.2, 0) is 12.7 Å². The summed E-state index contributed by atoms with van der Waals surface area (Å²) in [5, 5.41) is 3.19. The highest BCUT2D eigenvalue weighted by Crippen LogP contribution is 2.30. The summed E-state index contributed by atoms with van der Waals surface area (Å²) in [6, 6.07) is 6.03. The molecule has 1 N–H and O–H groups in total. The molecule has 3 aromatic rings. The normalized spacial score (nSPS) is 14.9. The lowest BCUT2D eigenvalue weighted by Gasteiger charge is -2.10. The Morgan fingerprint density at radius 2 is 1.84 bits per heavy atom. The number of anilines is 1. The Bertz CT molecular complexity index is 913. The van der Waals surface area contributed by atoms with Gasteiger partial charge in [-0.2, -0.15) is 13.2 Å². The van der Waals surface area contributed by atoms with Crippen LogP contribution in [0.4, 0.5) is 23.5 Å². The van der Waals surface area contributed by atoms with E-state index >= 15 is 0 Å². The van der Waals surface area contributed by atoms with Crippen molar-refractivity contribution in [1.29, 1.82) is 0 Å². The summed E-state index contributed by atoms with van der Waals surface area (Å²) in [5.41, 5.74) is 1.10. The van der Waals surface area contributed by atoms with Crippen LogP contribution in [-0.4, -0.2) is 25.6 Å². The average molecular weight is 351 g/mol. The molecule has 1 saturated carbocycles. The smallest absolute Gasteiger partial charge is 0.353 e. The number of hydrogen-bond acceptors (Lipinski definition) is 4. The van der Waals surface area contributed by atoms with Crippen molar-refractivity contribution in [3.8, 4) is 0 Å². The summed E-state index contributed by atoms with van der Waals surface area (Å²) < 4.78 is 53.5. The van der Waals surface area contributed by atoms with E-state index in [2.05, 4.69) is 20.3 Å². The molecule has 0 spiro atoms. The molecule has 0 bridgehead atoms. The van der Waals surface area contributed by atoms with Crippen molar-refractivity contribution in [2.75, 3.05) is 5.32 Å². The van der Waals surface area contributed by atoms with Crippen LogP contribution in [0.2, 0.25) is 0 Å². The molecule has 2 aromatic heterocycles. The van der Waals surface area contributed by atoms with Gasteiger partial charge < -0.3 is 5.32 Å². The van der Waals surface area contributed by atoms with Crippen molar-refractivity contribution in [3.63, 3.8) is 0 Å². The molecule has 1 fully saturated rings. The van der Waals surface area contributed by atoms with E-state index < -0.39 is 12.0 Å². The largest absolute Gasteiger partial charge is 0.451 e. The number of hydrogen-bond donors (Lipinski definition) is 1. The first-order chi connectivity index (χ1) is 11.9. The lowest BCUT2D eigenvalue weighted by Crippen LogP contribution is -2.13. The van der Waals surface area contributed by atoms with Gasteiger partial charge in [0.25, 0.3) is 0 Å². The van der Waals surface area contributed by atoms with Crippen molar-refractivity contribution in [1.82, 2.24) is 19.5 Å². The van der Waals surface area contributed by atoms with Gasteiger partial charge in [-0.1, -0.05) is 12.1 Å². The first-order valence-corrected chi connectivity index (χ1v) is 7.71. The van der Waals surface area contributed by atoms with Crippen LogP contribution in [0, 0.1) is 5.82 Å². The molecule has 1 aromatic carbocycles. The Hall–Kier alpha value is -2.71. The van der Waals surface area contributed by atoms with Crippen molar-refractivity contribution < 1.29 is 17.6 Å². The van der Waals surface area contributed by atoms with Gasteiger partial charge in [-0.3, -0.25) is 4.57 Å². The lowest BCUT2D eigenvalue weighted by molar-refractivity contribution is -0.144. The molecular formula is C16H13F4N5. The summed E-state index contributed by atoms with van der Waals surface area (Å²) in [6.07, 6.45) is -1.59. The van der Waals surface area contributed by atoms with Gasteiger partial charge in [-0.05, 0) is 30.5 Å². The number of imidazole rings is 1. The molecule has 0 amide bonds. The summed E-state index contributed by atoms with van der Waals surface area (Å²) in [7, 11) is 0. The van der Waals surface area contributed by atoms with E-state index in [1.54, 1.807) is 16.7 Å². The third-order valence-corrected chi connectivity index (χ3v) is 3.91. The van der Waals surface area contributed by atoms with Gasteiger partial charge in [0.2, 0.25) is 11.8 Å². The summed E-state index contributed by atoms with van der Waals surface area (Å²) >= 11 is 0. The number of alkyl halides is 3. The monoisotopic (exact) mass is 351 g/mol. The van der Waals surface area contributed by atoms with Gasteiger partial charge in [-0.15, -0.1) is 0 Å². The van der Waals surface area contributed by atoms with E-state index in [4.69, 9.17) is 0 Å². The molecule has 130 valence electrons. The molecule has 2 heterocycles. The molecule has 0 atom stereocenters. The van der Waals surface area contributed by atoms with Crippen LogP contribution in [0.15, 0.2) is 30.5 Å². The second-order valence-corrected chi connectivity index (χ2v) is 5.97. The maximum absolute atomic E-state index is 13.1. The zero-order valence-electron chi connectivity index (χ0n) is 12.9. The predicted octanol–water partition coefficient (Wildman–Crippen LogP) is 3.61. The Balaban J connectivity index is 1.80. The van der Waals surface area contributed by atoms with E-state index in [1.165, 1.54) is 12.1 Å². The molecule has 5 nitrogen and oxygen atoms in total. The molecule has 0 saturated heterocycles. The fourth-order valence-electron chi connectivity index (χ4n) is 2.50. The molecular weight excluding hydrogens is 338 g/mol. The minimum absolute atomic E-state index is 0.0924. The van der Waals surface area contributed by atoms with Gasteiger partial charge in [0.15, 0.2) is 5.65 Å². The number of rotatable bonds is 4. The number of aromatic nitrogens is 4. The number of halogens is 4. The van der Waals surface area contributed by atoms with Crippen LogP contribution in [0.25, 0.3) is 11.2 Å². The first kappa shape index (κ1) is 15.8. The van der Waals surface area contributed by atoms with E-state index in [1.807, 2.05) is 0 Å². The number of nitrogens with one attached hydrogen (secondary N) is 1. The van der Waals surface area contributed by atoms with Crippen LogP contribution >= 0.6 is 0 Å². The maximum atomic E-state index is 13.1. The highest BCUT2D eigenvalue weighted by molar-refractivity contribution is 5.74. The topological polar surface area (TPSA) is 55.6 Å². The maximum Gasteiger partial charge on any atom is 0.451 e. The van der Waals surface area contributed by atoms with E-state index in [0.29, 0.717) is 5.95 Å². The van der Waals surface area contributed by atoms with E-state index in [-0.39, 0.29) is 29.6 Å². The Kier molecular flexibility index (Phi) is 3.59. The van der Waals surface area contributed by atoms with Crippen LogP contribution in [0.1, 0.15) is 24.2 Å². The van der Waals surface area contributed by atoms with Gasteiger partial charge >= 0.3 is 6.18 Å². The van der Waals surface area contributed by atoms with E-state index in [0.717, 1.165) is 24.6 Å². The average Bonchev–Trinajstić information content (AvgIpc) is 3.31. The standard InChI is InChI=1S/C16H13F4N5/c17-10-3-1-9(2-4-10)8-25-13-12(23-15(25)22-11-5-6-11)7-21-14(24-13)16(18,19)20/h1-4,7,11H,5-6,8H2,(H,22,23). The minimum Gasteiger partial charge on any atom is -0.353 e. The van der Waals surface area contributed by atoms with Crippen LogP contribution < -0.4 is 5.32 Å². The number of fused-ring (bicyclic) bond motifs is 1. The van der Waals surface area contributed by atoms with Crippen molar-refractivity contribution >= 4 is 17.1 Å². The summed E-state index contributed by atoms with van der Waals surface area (Å²) in [4.78, 5) is 11.3. The second kappa shape index (κ2) is 5.68. The third kappa shape index (κ3) is 3.26. The lowest BCUT2D eigenvalue weighted by atomic mass is 10.2. The summed E-state index contributed by atoms with van der Waals surface area (Å²) in [5.74, 6) is -1.15. The fourth-order valence-corrected chi connectivity index (χ4v) is 2.50. The summed E-state index contributed by atoms with van der Waals surface area (Å²) in [6.45, 7) is 0.222. The zero-order chi connectivity index (χ0) is 17.6. The molecule has 25 heavy (non-hydrogen) atoms. The molecule has 0 radical (unpaired) electrons. The quantitative estimate of drug-likeness (QED) is 0.730. The SMILES string of the molecule is Fc1ccc(Cn2c(NC3CC3)nc3cnc(C(F)(F)F)nc32)cc1. The Labute approximate surface area is 139 Å². The molecule has 0 unspecified atom stereocenters. The Morgan fingerprint density at radius 1 is 1.12 bits per heavy atom. The van der Waals surface area contributed by atoms with Gasteiger partial charge in [0.05, 0.1) is 12.7 Å². The number of benzene rings is 1. The van der Waals surface area contributed by atoms with Gasteiger partial charge in [-0.25, -0.2) is 19.3 Å². The van der Waals surface area contributed by atoms with Crippen molar-refractivity contribution in [2.45, 2.75) is 31.6 Å². The van der Waals surface area contributed by atoms with Crippen LogP contribution in [0.5, 0.6) is 0 Å². The predicted molar refractivity (Wildman–Crippen MR) is 82.5 cm³/mol. The molecule has 0 aliphatic heterocycles. The molecule has 4 rings (SSSR count). The Morgan fingerprint density at radius 3 is 2.48 bits per heavy atom. The zero-order valence-corrected chi connectivity index (χ0v) is 12.9. The highest BCUT2D eigenvalue weighted by atomic mass is 19.4. The third-order valence-electron chi connectivity index (χ3n) is 3.91. The first-order valence-electron chi connectivity index (χ1n) is 7.71.